The zero-order valence-electron chi connectivity index (χ0n) is 9.58. The molecule has 3 nitrogen and oxygen atoms in total. The first-order valence-corrected chi connectivity index (χ1v) is 5.66. The molecule has 2 aromatic rings. The monoisotopic (exact) mass is 282 g/mol. The van der Waals surface area contributed by atoms with E-state index in [-0.39, 0.29) is 11.3 Å². The van der Waals surface area contributed by atoms with Crippen LogP contribution < -0.4 is 11.1 Å². The van der Waals surface area contributed by atoms with Crippen molar-refractivity contribution >= 4 is 28.9 Å². The van der Waals surface area contributed by atoms with Crippen LogP contribution in [0.3, 0.4) is 0 Å². The van der Waals surface area contributed by atoms with Crippen molar-refractivity contribution in [3.05, 3.63) is 58.6 Å². The fourth-order valence-electron chi connectivity index (χ4n) is 1.53. The van der Waals surface area contributed by atoms with E-state index in [1.54, 1.807) is 0 Å². The van der Waals surface area contributed by atoms with E-state index >= 15 is 0 Å². The van der Waals surface area contributed by atoms with Crippen LogP contribution in [0, 0.1) is 11.6 Å². The molecule has 2 rings (SSSR count). The van der Waals surface area contributed by atoms with Crippen LogP contribution in [0.4, 0.5) is 20.2 Å². The van der Waals surface area contributed by atoms with Gasteiger partial charge in [-0.25, -0.2) is 8.78 Å². The van der Waals surface area contributed by atoms with E-state index in [1.165, 1.54) is 18.2 Å². The second kappa shape index (κ2) is 5.24. The zero-order chi connectivity index (χ0) is 14.0. The van der Waals surface area contributed by atoms with E-state index in [4.69, 9.17) is 17.3 Å². The van der Waals surface area contributed by atoms with Gasteiger partial charge in [-0.1, -0.05) is 11.6 Å². The van der Waals surface area contributed by atoms with Gasteiger partial charge in [0.1, 0.15) is 11.6 Å². The molecule has 6 heteroatoms. The smallest absolute Gasteiger partial charge is 0.255 e. The molecule has 2 aromatic carbocycles. The Morgan fingerprint density at radius 2 is 1.89 bits per heavy atom. The van der Waals surface area contributed by atoms with E-state index in [0.29, 0.717) is 16.8 Å². The maximum atomic E-state index is 13.4. The van der Waals surface area contributed by atoms with Crippen molar-refractivity contribution in [2.75, 3.05) is 11.1 Å². The van der Waals surface area contributed by atoms with Crippen LogP contribution in [-0.4, -0.2) is 5.91 Å². The van der Waals surface area contributed by atoms with Gasteiger partial charge in [0.05, 0.1) is 5.69 Å². The average Bonchev–Trinajstić information content (AvgIpc) is 2.31. The van der Waals surface area contributed by atoms with Gasteiger partial charge in [-0.3, -0.25) is 4.79 Å². The second-order valence-electron chi connectivity index (χ2n) is 3.85. The van der Waals surface area contributed by atoms with E-state index in [0.717, 1.165) is 12.1 Å². The number of nitrogens with two attached hydrogens (primary N) is 1. The number of hydrogen-bond donors (Lipinski definition) is 2. The van der Waals surface area contributed by atoms with Crippen molar-refractivity contribution in [2.45, 2.75) is 0 Å². The Kier molecular flexibility index (Phi) is 3.66. The summed E-state index contributed by atoms with van der Waals surface area (Å²) in [6, 6.07) is 7.15. The Bertz CT molecular complexity index is 626. The number of hydrogen-bond acceptors (Lipinski definition) is 2. The van der Waals surface area contributed by atoms with Crippen molar-refractivity contribution < 1.29 is 13.6 Å². The van der Waals surface area contributed by atoms with Gasteiger partial charge in [0.25, 0.3) is 5.91 Å². The highest BCUT2D eigenvalue weighted by Gasteiger charge is 2.11. The van der Waals surface area contributed by atoms with Crippen LogP contribution >= 0.6 is 11.6 Å². The Hall–Kier alpha value is -2.14. The number of nitrogen functional groups attached to an aromatic ring is 1. The van der Waals surface area contributed by atoms with Crippen molar-refractivity contribution in [3.8, 4) is 0 Å². The minimum Gasteiger partial charge on any atom is -0.399 e. The molecule has 0 aliphatic carbocycles. The number of carbonyl (C=O) groups excluding carboxylic acids is 1. The molecule has 0 heterocycles. The fraction of sp³-hybridized carbons (Fsp3) is 0. The van der Waals surface area contributed by atoms with E-state index < -0.39 is 17.5 Å². The number of anilines is 2. The Balaban J connectivity index is 2.25. The zero-order valence-corrected chi connectivity index (χ0v) is 10.3. The number of amides is 1. The van der Waals surface area contributed by atoms with Gasteiger partial charge in [0.15, 0.2) is 0 Å². The predicted molar refractivity (Wildman–Crippen MR) is 70.2 cm³/mol. The number of rotatable bonds is 2. The largest absolute Gasteiger partial charge is 0.399 e. The summed E-state index contributed by atoms with van der Waals surface area (Å²) >= 11 is 5.77. The predicted octanol–water partition coefficient (Wildman–Crippen LogP) is 3.45. The van der Waals surface area contributed by atoms with Gasteiger partial charge >= 0.3 is 0 Å². The summed E-state index contributed by atoms with van der Waals surface area (Å²) in [7, 11) is 0. The van der Waals surface area contributed by atoms with Crippen molar-refractivity contribution in [3.63, 3.8) is 0 Å². The molecule has 0 unspecified atom stereocenters. The molecule has 0 aliphatic heterocycles. The maximum Gasteiger partial charge on any atom is 0.255 e. The first-order valence-electron chi connectivity index (χ1n) is 5.28. The average molecular weight is 283 g/mol. The molecule has 0 atom stereocenters. The summed E-state index contributed by atoms with van der Waals surface area (Å²) in [5.74, 6) is -2.16. The van der Waals surface area contributed by atoms with Crippen LogP contribution in [0.25, 0.3) is 0 Å². The van der Waals surface area contributed by atoms with Crippen molar-refractivity contribution in [1.29, 1.82) is 0 Å². The summed E-state index contributed by atoms with van der Waals surface area (Å²) in [5.41, 5.74) is 5.94. The molecular formula is C13H9ClF2N2O. The number of halogens is 3. The Labute approximate surface area is 113 Å². The van der Waals surface area contributed by atoms with E-state index in [1.807, 2.05) is 0 Å². The summed E-state index contributed by atoms with van der Waals surface area (Å²) in [4.78, 5) is 11.9. The normalized spacial score (nSPS) is 10.3. The first-order chi connectivity index (χ1) is 8.95. The Morgan fingerprint density at radius 3 is 2.53 bits per heavy atom. The molecule has 0 aromatic heterocycles. The Morgan fingerprint density at radius 1 is 1.16 bits per heavy atom. The van der Waals surface area contributed by atoms with Crippen LogP contribution in [0.15, 0.2) is 36.4 Å². The summed E-state index contributed by atoms with van der Waals surface area (Å²) < 4.78 is 26.1. The van der Waals surface area contributed by atoms with Crippen LogP contribution in [0.2, 0.25) is 5.02 Å². The van der Waals surface area contributed by atoms with Crippen LogP contribution in [0.5, 0.6) is 0 Å². The lowest BCUT2D eigenvalue weighted by Crippen LogP contribution is -2.13. The van der Waals surface area contributed by atoms with Gasteiger partial charge in [-0.05, 0) is 30.3 Å². The van der Waals surface area contributed by atoms with Gasteiger partial charge in [-0.2, -0.15) is 0 Å². The third-order valence-corrected chi connectivity index (χ3v) is 2.58. The van der Waals surface area contributed by atoms with Crippen molar-refractivity contribution in [1.82, 2.24) is 0 Å². The quantitative estimate of drug-likeness (QED) is 0.829. The molecule has 0 fully saturated rings. The molecule has 98 valence electrons. The summed E-state index contributed by atoms with van der Waals surface area (Å²) in [5, 5.41) is 2.61. The molecule has 1 amide bonds. The summed E-state index contributed by atoms with van der Waals surface area (Å²) in [6.07, 6.45) is 0. The van der Waals surface area contributed by atoms with E-state index in [2.05, 4.69) is 5.32 Å². The molecule has 0 spiro atoms. The molecule has 0 saturated carbocycles. The third-order valence-electron chi connectivity index (χ3n) is 2.36. The minimum absolute atomic E-state index is 0.120. The number of carbonyl (C=O) groups is 1. The topological polar surface area (TPSA) is 55.1 Å². The molecule has 19 heavy (non-hydrogen) atoms. The molecule has 0 aliphatic rings. The van der Waals surface area contributed by atoms with Crippen LogP contribution in [0.1, 0.15) is 10.4 Å². The molecule has 0 radical (unpaired) electrons. The molecule has 3 N–H and O–H groups in total. The van der Waals surface area contributed by atoms with Gasteiger partial charge in [0.2, 0.25) is 0 Å². The summed E-state index contributed by atoms with van der Waals surface area (Å²) in [6.45, 7) is 0. The van der Waals surface area contributed by atoms with E-state index in [9.17, 15) is 13.6 Å². The van der Waals surface area contributed by atoms with Crippen molar-refractivity contribution in [2.24, 2.45) is 0 Å². The molecule has 0 bridgehead atoms. The van der Waals surface area contributed by atoms with Crippen LogP contribution in [-0.2, 0) is 0 Å². The highest BCUT2D eigenvalue weighted by atomic mass is 35.5. The molecule has 0 saturated heterocycles. The first kappa shape index (κ1) is 13.3. The van der Waals surface area contributed by atoms with Gasteiger partial charge < -0.3 is 11.1 Å². The standard InChI is InChI=1S/C13H9ClF2N2O/c14-8-3-7(4-10(17)5-8)13(19)18-12-2-1-9(15)6-11(12)16/h1-6H,17H2,(H,18,19). The molecular weight excluding hydrogens is 274 g/mol. The highest BCUT2D eigenvalue weighted by molar-refractivity contribution is 6.31. The lowest BCUT2D eigenvalue weighted by molar-refractivity contribution is 0.102. The van der Waals surface area contributed by atoms with Gasteiger partial charge in [0, 0.05) is 22.3 Å². The van der Waals surface area contributed by atoms with Gasteiger partial charge in [-0.15, -0.1) is 0 Å². The second-order valence-corrected chi connectivity index (χ2v) is 4.29. The highest BCUT2D eigenvalue weighted by Crippen LogP contribution is 2.19. The number of nitrogens with one attached hydrogen (secondary N) is 1. The minimum atomic E-state index is -0.858. The number of benzene rings is 2. The lowest BCUT2D eigenvalue weighted by atomic mass is 10.2. The fourth-order valence-corrected chi connectivity index (χ4v) is 1.77. The lowest BCUT2D eigenvalue weighted by Gasteiger charge is -2.07. The third kappa shape index (κ3) is 3.20. The maximum absolute atomic E-state index is 13.4. The SMILES string of the molecule is Nc1cc(Cl)cc(C(=O)Nc2ccc(F)cc2F)c1.